The Morgan fingerprint density at radius 3 is 1.77 bits per heavy atom. The molecule has 3 aromatic heterocycles. The van der Waals surface area contributed by atoms with Crippen molar-refractivity contribution in [1.29, 1.82) is 0 Å². The third kappa shape index (κ3) is 4.13. The van der Waals surface area contributed by atoms with Crippen LogP contribution in [0.25, 0.3) is 38.8 Å². The molecule has 44 heavy (non-hydrogen) atoms. The normalized spacial score (nSPS) is 11.6. The second-order valence-electron chi connectivity index (χ2n) is 11.0. The van der Waals surface area contributed by atoms with E-state index in [4.69, 9.17) is 4.98 Å². The fraction of sp³-hybridized carbons (Fsp3) is 0.0244. The lowest BCUT2D eigenvalue weighted by Gasteiger charge is -2.36. The third-order valence-corrected chi connectivity index (χ3v) is 8.63. The molecule has 0 saturated heterocycles. The molecular weight excluding hydrogens is 534 g/mol. The Hall–Kier alpha value is -5.80. The lowest BCUT2D eigenvalue weighted by molar-refractivity contribution is 0.713. The van der Waals surface area contributed by atoms with Crippen molar-refractivity contribution in [2.24, 2.45) is 0 Å². The number of pyridine rings is 2. The topological polar surface area (TPSA) is 30.7 Å². The van der Waals surface area contributed by atoms with Crippen molar-refractivity contribution >= 4 is 21.8 Å². The van der Waals surface area contributed by atoms with Crippen LogP contribution in [-0.2, 0) is 5.41 Å². The highest BCUT2D eigenvalue weighted by molar-refractivity contribution is 6.10. The molecular formula is C41H29N3. The van der Waals surface area contributed by atoms with Gasteiger partial charge in [0.1, 0.15) is 0 Å². The van der Waals surface area contributed by atoms with Gasteiger partial charge in [-0.1, -0.05) is 115 Å². The van der Waals surface area contributed by atoms with Gasteiger partial charge >= 0.3 is 0 Å². The fourth-order valence-corrected chi connectivity index (χ4v) is 6.72. The van der Waals surface area contributed by atoms with Crippen molar-refractivity contribution in [3.05, 3.63) is 199 Å². The number of rotatable bonds is 6. The van der Waals surface area contributed by atoms with Crippen LogP contribution in [0.15, 0.2) is 176 Å². The summed E-state index contributed by atoms with van der Waals surface area (Å²) < 4.78 is 2.39. The van der Waals surface area contributed by atoms with Crippen LogP contribution in [0.5, 0.6) is 0 Å². The molecule has 0 amide bonds. The van der Waals surface area contributed by atoms with E-state index in [9.17, 15) is 0 Å². The van der Waals surface area contributed by atoms with Crippen LogP contribution < -0.4 is 0 Å². The molecule has 0 radical (unpaired) electrons. The molecule has 0 aliphatic carbocycles. The van der Waals surface area contributed by atoms with Crippen LogP contribution in [0.4, 0.5) is 0 Å². The molecule has 5 aromatic carbocycles. The van der Waals surface area contributed by atoms with Crippen molar-refractivity contribution in [2.75, 3.05) is 0 Å². The van der Waals surface area contributed by atoms with Crippen molar-refractivity contribution in [2.45, 2.75) is 5.41 Å². The first-order valence-electron chi connectivity index (χ1n) is 14.9. The second-order valence-corrected chi connectivity index (χ2v) is 11.0. The first-order valence-corrected chi connectivity index (χ1v) is 14.9. The maximum absolute atomic E-state index is 5.00. The average molecular weight is 564 g/mol. The van der Waals surface area contributed by atoms with Gasteiger partial charge in [-0.2, -0.15) is 0 Å². The number of benzene rings is 5. The van der Waals surface area contributed by atoms with E-state index in [2.05, 4.69) is 155 Å². The lowest BCUT2D eigenvalue weighted by atomic mass is 9.67. The van der Waals surface area contributed by atoms with Gasteiger partial charge in [0.05, 0.1) is 27.8 Å². The minimum Gasteiger partial charge on any atom is -0.309 e. The first-order chi connectivity index (χ1) is 21.8. The van der Waals surface area contributed by atoms with Crippen LogP contribution in [0.1, 0.15) is 22.4 Å². The second kappa shape index (κ2) is 10.8. The largest absolute Gasteiger partial charge is 0.309 e. The average Bonchev–Trinajstić information content (AvgIpc) is 3.44. The number of fused-ring (bicyclic) bond motifs is 3. The van der Waals surface area contributed by atoms with Gasteiger partial charge in [-0.25, -0.2) is 0 Å². The van der Waals surface area contributed by atoms with Crippen LogP contribution >= 0.6 is 0 Å². The maximum Gasteiger partial charge on any atom is 0.0874 e. The zero-order valence-corrected chi connectivity index (χ0v) is 24.1. The maximum atomic E-state index is 5.00. The molecule has 208 valence electrons. The molecule has 0 N–H and O–H groups in total. The van der Waals surface area contributed by atoms with Gasteiger partial charge in [0, 0.05) is 34.4 Å². The standard InChI is InChI=1S/C41H29N3/c1-3-14-31(15-4-1)41(32-16-5-2-6-17-32,40-23-10-12-27-43-40)33-18-13-19-34(29-33)44-38-22-8-7-20-35(38)36-25-24-30(28-39(36)44)37-21-9-11-26-42-37/h1-29H. The highest BCUT2D eigenvalue weighted by Gasteiger charge is 2.39. The predicted octanol–water partition coefficient (Wildman–Crippen LogP) is 9.62. The van der Waals surface area contributed by atoms with Gasteiger partial charge in [-0.15, -0.1) is 0 Å². The van der Waals surface area contributed by atoms with E-state index in [1.54, 1.807) is 0 Å². The molecule has 0 fully saturated rings. The monoisotopic (exact) mass is 563 g/mol. The Morgan fingerprint density at radius 1 is 0.432 bits per heavy atom. The summed E-state index contributed by atoms with van der Waals surface area (Å²) in [5.41, 5.74) is 9.30. The molecule has 0 aliphatic rings. The zero-order valence-electron chi connectivity index (χ0n) is 24.1. The van der Waals surface area contributed by atoms with Gasteiger partial charge in [0.2, 0.25) is 0 Å². The van der Waals surface area contributed by atoms with Crippen molar-refractivity contribution in [3.8, 4) is 16.9 Å². The molecule has 3 nitrogen and oxygen atoms in total. The molecule has 0 atom stereocenters. The molecule has 8 rings (SSSR count). The molecule has 0 bridgehead atoms. The van der Waals surface area contributed by atoms with Gasteiger partial charge in [-0.05, 0) is 65.2 Å². The van der Waals surface area contributed by atoms with Gasteiger partial charge < -0.3 is 4.57 Å². The van der Waals surface area contributed by atoms with Crippen LogP contribution in [-0.4, -0.2) is 14.5 Å². The molecule has 0 unspecified atom stereocenters. The van der Waals surface area contributed by atoms with E-state index in [0.29, 0.717) is 0 Å². The quantitative estimate of drug-likeness (QED) is 0.189. The van der Waals surface area contributed by atoms with Gasteiger partial charge in [-0.3, -0.25) is 9.97 Å². The van der Waals surface area contributed by atoms with Crippen molar-refractivity contribution < 1.29 is 0 Å². The Balaban J connectivity index is 1.44. The van der Waals surface area contributed by atoms with Crippen molar-refractivity contribution in [3.63, 3.8) is 0 Å². The van der Waals surface area contributed by atoms with Gasteiger partial charge in [0.25, 0.3) is 0 Å². The summed E-state index contributed by atoms with van der Waals surface area (Å²) in [5, 5.41) is 2.44. The summed E-state index contributed by atoms with van der Waals surface area (Å²) in [6.45, 7) is 0. The highest BCUT2D eigenvalue weighted by atomic mass is 15.0. The van der Waals surface area contributed by atoms with E-state index < -0.39 is 5.41 Å². The summed E-state index contributed by atoms with van der Waals surface area (Å²) in [5.74, 6) is 0. The fourth-order valence-electron chi connectivity index (χ4n) is 6.72. The highest BCUT2D eigenvalue weighted by Crippen LogP contribution is 2.45. The Labute approximate surface area is 256 Å². The number of hydrogen-bond acceptors (Lipinski definition) is 2. The minimum absolute atomic E-state index is 0.627. The Bertz CT molecular complexity index is 2110. The SMILES string of the molecule is c1ccc(C(c2ccccc2)(c2cccc(-n3c4ccccc4c4ccc(-c5ccccn5)cc43)c2)c2ccccn2)cc1. The smallest absolute Gasteiger partial charge is 0.0874 e. The summed E-state index contributed by atoms with van der Waals surface area (Å²) in [6, 6.07) is 58.1. The number of para-hydroxylation sites is 1. The first kappa shape index (κ1) is 25.9. The predicted molar refractivity (Wildman–Crippen MR) is 180 cm³/mol. The minimum atomic E-state index is -0.627. The Morgan fingerprint density at radius 2 is 1.07 bits per heavy atom. The summed E-state index contributed by atoms with van der Waals surface area (Å²) in [6.07, 6.45) is 3.74. The number of aromatic nitrogens is 3. The molecule has 3 heteroatoms. The summed E-state index contributed by atoms with van der Waals surface area (Å²) in [4.78, 5) is 9.65. The van der Waals surface area contributed by atoms with Crippen LogP contribution in [0.3, 0.4) is 0 Å². The molecule has 3 heterocycles. The van der Waals surface area contributed by atoms with Crippen LogP contribution in [0, 0.1) is 0 Å². The number of hydrogen-bond donors (Lipinski definition) is 0. The zero-order chi connectivity index (χ0) is 29.3. The van der Waals surface area contributed by atoms with Gasteiger partial charge in [0.15, 0.2) is 0 Å². The Kier molecular flexibility index (Phi) is 6.35. The molecule has 0 saturated carbocycles. The van der Waals surface area contributed by atoms with E-state index in [-0.39, 0.29) is 0 Å². The molecule has 0 aliphatic heterocycles. The van der Waals surface area contributed by atoms with E-state index in [1.807, 2.05) is 30.6 Å². The number of nitrogens with zero attached hydrogens (tertiary/aromatic N) is 3. The third-order valence-electron chi connectivity index (χ3n) is 8.63. The van der Waals surface area contributed by atoms with E-state index in [1.165, 1.54) is 27.4 Å². The van der Waals surface area contributed by atoms with E-state index >= 15 is 0 Å². The van der Waals surface area contributed by atoms with Crippen LogP contribution in [0.2, 0.25) is 0 Å². The summed E-state index contributed by atoms with van der Waals surface area (Å²) >= 11 is 0. The molecule has 8 aromatic rings. The van der Waals surface area contributed by atoms with Crippen molar-refractivity contribution in [1.82, 2.24) is 14.5 Å². The molecule has 0 spiro atoms. The summed E-state index contributed by atoms with van der Waals surface area (Å²) in [7, 11) is 0. The lowest BCUT2D eigenvalue weighted by Crippen LogP contribution is -2.32. The van der Waals surface area contributed by atoms with E-state index in [0.717, 1.165) is 33.7 Å².